The van der Waals surface area contributed by atoms with E-state index in [1.807, 2.05) is 12.1 Å². The highest BCUT2D eigenvalue weighted by Gasteiger charge is 2.27. The molecule has 0 amide bonds. The van der Waals surface area contributed by atoms with Crippen molar-refractivity contribution in [2.75, 3.05) is 19.6 Å². The van der Waals surface area contributed by atoms with Gasteiger partial charge in [0.1, 0.15) is 0 Å². The number of nitrogens with zero attached hydrogens (tertiary/aromatic N) is 2. The molecule has 2 heterocycles. The lowest BCUT2D eigenvalue weighted by Gasteiger charge is -2.34. The fraction of sp³-hybridized carbons (Fsp3) is 0.235. The Bertz CT molecular complexity index is 1400. The van der Waals surface area contributed by atoms with E-state index in [9.17, 15) is 5.11 Å². The van der Waals surface area contributed by atoms with E-state index in [-0.39, 0.29) is 6.04 Å². The summed E-state index contributed by atoms with van der Waals surface area (Å²) in [6, 6.07) is 40.9. The van der Waals surface area contributed by atoms with Crippen molar-refractivity contribution in [1.29, 1.82) is 0 Å². The number of hydrogen-bond acceptors (Lipinski definition) is 2. The number of rotatable bonds is 7. The van der Waals surface area contributed by atoms with Crippen LogP contribution in [0.25, 0.3) is 22.0 Å². The minimum absolute atomic E-state index is 0.290. The van der Waals surface area contributed by atoms with Gasteiger partial charge in [0.25, 0.3) is 0 Å². The van der Waals surface area contributed by atoms with Gasteiger partial charge in [0.15, 0.2) is 5.88 Å². The average Bonchev–Trinajstić information content (AvgIpc) is 3.27. The van der Waals surface area contributed by atoms with Crippen LogP contribution < -0.4 is 0 Å². The van der Waals surface area contributed by atoms with E-state index in [0.717, 1.165) is 60.9 Å². The van der Waals surface area contributed by atoms with Gasteiger partial charge in [-0.25, -0.2) is 0 Å². The van der Waals surface area contributed by atoms with Gasteiger partial charge in [0.05, 0.1) is 5.69 Å². The van der Waals surface area contributed by atoms with Gasteiger partial charge < -0.3 is 14.6 Å². The van der Waals surface area contributed by atoms with Crippen molar-refractivity contribution in [3.63, 3.8) is 0 Å². The second-order valence-corrected chi connectivity index (χ2v) is 10.2. The molecular weight excluding hydrogens is 452 g/mol. The molecule has 1 saturated heterocycles. The quantitative estimate of drug-likeness (QED) is 0.253. The van der Waals surface area contributed by atoms with E-state index in [1.54, 1.807) is 0 Å². The molecule has 0 atom stereocenters. The van der Waals surface area contributed by atoms with Gasteiger partial charge in [0.2, 0.25) is 0 Å². The first-order valence-electron chi connectivity index (χ1n) is 13.5. The molecule has 0 aliphatic carbocycles. The summed E-state index contributed by atoms with van der Waals surface area (Å²) in [5, 5.41) is 13.4. The van der Waals surface area contributed by atoms with Crippen molar-refractivity contribution in [3.8, 4) is 17.1 Å². The van der Waals surface area contributed by atoms with E-state index >= 15 is 0 Å². The number of aromatic hydroxyl groups is 1. The fourth-order valence-corrected chi connectivity index (χ4v) is 6.11. The number of fused-ring (bicyclic) bond motifs is 1. The lowest BCUT2D eigenvalue weighted by atomic mass is 9.88. The third kappa shape index (κ3) is 4.80. The van der Waals surface area contributed by atoms with Crippen LogP contribution in [0, 0.1) is 0 Å². The van der Waals surface area contributed by atoms with E-state index in [1.165, 1.54) is 11.1 Å². The van der Waals surface area contributed by atoms with Gasteiger partial charge in [-0.1, -0.05) is 109 Å². The van der Waals surface area contributed by atoms with Crippen molar-refractivity contribution in [3.05, 3.63) is 126 Å². The Hall–Kier alpha value is -3.82. The molecule has 186 valence electrons. The van der Waals surface area contributed by atoms with Gasteiger partial charge in [-0.05, 0) is 48.6 Å². The molecular formula is C34H34N2O. The molecule has 1 aromatic heterocycles. The van der Waals surface area contributed by atoms with Crippen molar-refractivity contribution in [1.82, 2.24) is 9.47 Å². The van der Waals surface area contributed by atoms with Gasteiger partial charge in [-0.3, -0.25) is 0 Å². The summed E-state index contributed by atoms with van der Waals surface area (Å²) < 4.78 is 2.22. The van der Waals surface area contributed by atoms with Crippen LogP contribution in [0.1, 0.15) is 42.3 Å². The third-order valence-corrected chi connectivity index (χ3v) is 8.00. The summed E-state index contributed by atoms with van der Waals surface area (Å²) in [4.78, 5) is 2.61. The zero-order chi connectivity index (χ0) is 25.0. The summed E-state index contributed by atoms with van der Waals surface area (Å²) in [5.41, 5.74) is 5.08. The molecule has 6 rings (SSSR count). The molecule has 5 aromatic rings. The summed E-state index contributed by atoms with van der Waals surface area (Å²) >= 11 is 0. The molecule has 4 aromatic carbocycles. The minimum Gasteiger partial charge on any atom is -0.494 e. The average molecular weight is 487 g/mol. The largest absolute Gasteiger partial charge is 0.494 e. The molecule has 0 bridgehead atoms. The third-order valence-electron chi connectivity index (χ3n) is 8.00. The number of hydrogen-bond donors (Lipinski definition) is 1. The van der Waals surface area contributed by atoms with Crippen molar-refractivity contribution >= 4 is 10.8 Å². The Balaban J connectivity index is 1.20. The maximum absolute atomic E-state index is 11.3. The zero-order valence-corrected chi connectivity index (χ0v) is 21.2. The first-order valence-corrected chi connectivity index (χ1v) is 13.5. The Labute approximate surface area is 219 Å². The van der Waals surface area contributed by atoms with Crippen molar-refractivity contribution in [2.24, 2.45) is 0 Å². The highest BCUT2D eigenvalue weighted by molar-refractivity contribution is 6.00. The normalized spacial score (nSPS) is 14.9. The molecule has 0 spiro atoms. The van der Waals surface area contributed by atoms with Gasteiger partial charge in [-0.2, -0.15) is 0 Å². The number of piperidine rings is 1. The van der Waals surface area contributed by atoms with Crippen LogP contribution in [0.4, 0.5) is 0 Å². The van der Waals surface area contributed by atoms with Crippen LogP contribution in [-0.2, 0) is 0 Å². The molecule has 37 heavy (non-hydrogen) atoms. The smallest absolute Gasteiger partial charge is 0.199 e. The fourth-order valence-electron chi connectivity index (χ4n) is 6.11. The van der Waals surface area contributed by atoms with Crippen LogP contribution in [-0.4, -0.2) is 34.2 Å². The van der Waals surface area contributed by atoms with E-state index in [0.29, 0.717) is 11.8 Å². The second kappa shape index (κ2) is 10.7. The predicted molar refractivity (Wildman–Crippen MR) is 153 cm³/mol. The summed E-state index contributed by atoms with van der Waals surface area (Å²) in [5.74, 6) is 0.810. The minimum atomic E-state index is 0.290. The predicted octanol–water partition coefficient (Wildman–Crippen LogP) is 7.87. The molecule has 1 aliphatic heterocycles. The first kappa shape index (κ1) is 23.6. The SMILES string of the molecule is Oc1c2ccccc2c(-c2ccccc2)n1C1CCN(CCC(c2ccccc2)c2ccccc2)CC1. The summed E-state index contributed by atoms with van der Waals surface area (Å²) in [7, 11) is 0. The molecule has 3 nitrogen and oxygen atoms in total. The monoisotopic (exact) mass is 486 g/mol. The van der Waals surface area contributed by atoms with Crippen LogP contribution >= 0.6 is 0 Å². The van der Waals surface area contributed by atoms with E-state index in [2.05, 4.69) is 113 Å². The second-order valence-electron chi connectivity index (χ2n) is 10.2. The molecule has 3 heteroatoms. The van der Waals surface area contributed by atoms with E-state index < -0.39 is 0 Å². The van der Waals surface area contributed by atoms with Crippen LogP contribution in [0.15, 0.2) is 115 Å². The van der Waals surface area contributed by atoms with Gasteiger partial charge in [0, 0.05) is 35.8 Å². The lowest BCUT2D eigenvalue weighted by Crippen LogP contribution is -2.36. The molecule has 1 N–H and O–H groups in total. The Morgan fingerprint density at radius 1 is 0.649 bits per heavy atom. The molecule has 0 radical (unpaired) electrons. The maximum atomic E-state index is 11.3. The van der Waals surface area contributed by atoms with Crippen molar-refractivity contribution < 1.29 is 5.11 Å². The zero-order valence-electron chi connectivity index (χ0n) is 21.2. The standard InChI is InChI=1S/C34H34N2O/c37-34-32-19-11-10-18-31(32)33(28-16-8-3-9-17-28)36(34)29-20-23-35(24-21-29)25-22-30(26-12-4-1-5-13-26)27-14-6-2-7-15-27/h1-19,29-30,37H,20-25H2. The van der Waals surface area contributed by atoms with Crippen LogP contribution in [0.5, 0.6) is 5.88 Å². The lowest BCUT2D eigenvalue weighted by molar-refractivity contribution is 0.179. The van der Waals surface area contributed by atoms with Gasteiger partial charge >= 0.3 is 0 Å². The molecule has 0 unspecified atom stereocenters. The topological polar surface area (TPSA) is 28.4 Å². The summed E-state index contributed by atoms with van der Waals surface area (Å²) in [6.45, 7) is 3.17. The number of aromatic nitrogens is 1. The highest BCUT2D eigenvalue weighted by atomic mass is 16.3. The first-order chi connectivity index (χ1) is 18.3. The Morgan fingerprint density at radius 2 is 1.16 bits per heavy atom. The highest BCUT2D eigenvalue weighted by Crippen LogP contribution is 2.42. The maximum Gasteiger partial charge on any atom is 0.199 e. The Morgan fingerprint density at radius 3 is 1.76 bits per heavy atom. The summed E-state index contributed by atoms with van der Waals surface area (Å²) in [6.07, 6.45) is 3.18. The Kier molecular flexibility index (Phi) is 6.79. The van der Waals surface area contributed by atoms with E-state index in [4.69, 9.17) is 0 Å². The molecule has 0 saturated carbocycles. The number of likely N-dealkylation sites (tertiary alicyclic amines) is 1. The number of benzene rings is 4. The molecule has 1 aliphatic rings. The van der Waals surface area contributed by atoms with Crippen LogP contribution in [0.3, 0.4) is 0 Å². The van der Waals surface area contributed by atoms with Crippen LogP contribution in [0.2, 0.25) is 0 Å². The van der Waals surface area contributed by atoms with Gasteiger partial charge in [-0.15, -0.1) is 0 Å². The molecule has 1 fully saturated rings. The van der Waals surface area contributed by atoms with Crippen molar-refractivity contribution in [2.45, 2.75) is 31.2 Å².